The van der Waals surface area contributed by atoms with Gasteiger partial charge in [-0.05, 0) is 56.5 Å². The highest BCUT2D eigenvalue weighted by Crippen LogP contribution is 2.38. The van der Waals surface area contributed by atoms with Crippen LogP contribution < -0.4 is 19.5 Å². The van der Waals surface area contributed by atoms with Gasteiger partial charge in [0.2, 0.25) is 11.7 Å². The zero-order valence-electron chi connectivity index (χ0n) is 19.3. The van der Waals surface area contributed by atoms with E-state index in [4.69, 9.17) is 14.2 Å². The summed E-state index contributed by atoms with van der Waals surface area (Å²) in [5.74, 6) is 2.04. The summed E-state index contributed by atoms with van der Waals surface area (Å²) in [6.07, 6.45) is 9.60. The van der Waals surface area contributed by atoms with E-state index in [9.17, 15) is 4.79 Å². The Labute approximate surface area is 182 Å². The van der Waals surface area contributed by atoms with Crippen molar-refractivity contribution in [2.24, 2.45) is 0 Å². The number of carbonyl (C=O) groups excluding carboxylic acids is 1. The molecule has 0 radical (unpaired) electrons. The lowest BCUT2D eigenvalue weighted by Gasteiger charge is -2.25. The Kier molecular flexibility index (Phi) is 10.8. The van der Waals surface area contributed by atoms with Crippen LogP contribution >= 0.6 is 0 Å². The fourth-order valence-corrected chi connectivity index (χ4v) is 4.16. The molecule has 1 aliphatic rings. The topological polar surface area (TPSA) is 60.0 Å². The van der Waals surface area contributed by atoms with Gasteiger partial charge in [-0.15, -0.1) is 0 Å². The van der Waals surface area contributed by atoms with Gasteiger partial charge in [-0.25, -0.2) is 0 Å². The monoisotopic (exact) mass is 420 g/mol. The molecule has 1 amide bonds. The molecule has 0 unspecified atom stereocenters. The summed E-state index contributed by atoms with van der Waals surface area (Å²) in [7, 11) is 4.86. The molecule has 0 spiro atoms. The van der Waals surface area contributed by atoms with Gasteiger partial charge in [0, 0.05) is 19.0 Å². The zero-order valence-corrected chi connectivity index (χ0v) is 19.3. The maximum absolute atomic E-state index is 12.6. The average Bonchev–Trinajstić information content (AvgIpc) is 3.25. The third kappa shape index (κ3) is 7.71. The minimum absolute atomic E-state index is 0.0639. The molecule has 1 aromatic carbocycles. The molecular weight excluding hydrogens is 380 g/mol. The molecule has 1 fully saturated rings. The van der Waals surface area contributed by atoms with E-state index in [1.165, 1.54) is 32.1 Å². The molecule has 1 aromatic rings. The van der Waals surface area contributed by atoms with Crippen molar-refractivity contribution in [2.45, 2.75) is 70.8 Å². The maximum atomic E-state index is 12.6. The molecule has 0 bridgehead atoms. The summed E-state index contributed by atoms with van der Waals surface area (Å²) in [5, 5.41) is 3.29. The van der Waals surface area contributed by atoms with Gasteiger partial charge in [-0.2, -0.15) is 0 Å². The molecule has 1 aliphatic heterocycles. The van der Waals surface area contributed by atoms with E-state index in [1.54, 1.807) is 21.3 Å². The van der Waals surface area contributed by atoms with Crippen molar-refractivity contribution in [1.29, 1.82) is 0 Å². The fraction of sp³-hybridized carbons (Fsp3) is 0.708. The number of hydrogen-bond acceptors (Lipinski definition) is 5. The van der Waals surface area contributed by atoms with Gasteiger partial charge in [-0.3, -0.25) is 4.79 Å². The minimum Gasteiger partial charge on any atom is -0.493 e. The van der Waals surface area contributed by atoms with E-state index in [2.05, 4.69) is 17.1 Å². The molecular formula is C24H40N2O4. The lowest BCUT2D eigenvalue weighted by atomic mass is 10.0. The van der Waals surface area contributed by atoms with Crippen LogP contribution in [0.15, 0.2) is 12.1 Å². The highest BCUT2D eigenvalue weighted by atomic mass is 16.5. The molecule has 6 heteroatoms. The predicted molar refractivity (Wildman–Crippen MR) is 121 cm³/mol. The van der Waals surface area contributed by atoms with E-state index in [0.717, 1.165) is 44.5 Å². The van der Waals surface area contributed by atoms with Crippen LogP contribution in [0.2, 0.25) is 0 Å². The molecule has 0 saturated carbocycles. The summed E-state index contributed by atoms with van der Waals surface area (Å²) in [6, 6.07) is 4.03. The van der Waals surface area contributed by atoms with E-state index in [0.29, 0.717) is 23.7 Å². The Morgan fingerprint density at radius 2 is 1.63 bits per heavy atom. The Morgan fingerprint density at radius 1 is 1.00 bits per heavy atom. The van der Waals surface area contributed by atoms with E-state index < -0.39 is 0 Å². The maximum Gasteiger partial charge on any atom is 0.220 e. The van der Waals surface area contributed by atoms with Crippen LogP contribution in [0.1, 0.15) is 63.9 Å². The van der Waals surface area contributed by atoms with Gasteiger partial charge >= 0.3 is 0 Å². The van der Waals surface area contributed by atoms with Gasteiger partial charge in [0.15, 0.2) is 11.5 Å². The smallest absolute Gasteiger partial charge is 0.220 e. The number of hydrogen-bond donors (Lipinski definition) is 1. The summed E-state index contributed by atoms with van der Waals surface area (Å²) < 4.78 is 16.4. The molecule has 1 N–H and O–H groups in total. The van der Waals surface area contributed by atoms with Crippen molar-refractivity contribution >= 4 is 5.91 Å². The van der Waals surface area contributed by atoms with Crippen LogP contribution in [0.4, 0.5) is 0 Å². The number of amides is 1. The largest absolute Gasteiger partial charge is 0.493 e. The number of ether oxygens (including phenoxy) is 3. The molecule has 0 aliphatic carbocycles. The Morgan fingerprint density at radius 3 is 2.20 bits per heavy atom. The van der Waals surface area contributed by atoms with Crippen LogP contribution in [0.25, 0.3) is 0 Å². The van der Waals surface area contributed by atoms with Crippen molar-refractivity contribution in [3.05, 3.63) is 17.7 Å². The quantitative estimate of drug-likeness (QED) is 0.457. The zero-order chi connectivity index (χ0) is 21.8. The Hall–Kier alpha value is -1.95. The molecule has 170 valence electrons. The third-order valence-corrected chi connectivity index (χ3v) is 5.76. The van der Waals surface area contributed by atoms with Crippen LogP contribution in [-0.4, -0.2) is 57.8 Å². The second-order valence-corrected chi connectivity index (χ2v) is 8.17. The summed E-state index contributed by atoms with van der Waals surface area (Å²) in [6.45, 7) is 5.30. The predicted octanol–water partition coefficient (Wildman–Crippen LogP) is 4.20. The van der Waals surface area contributed by atoms with Gasteiger partial charge in [0.05, 0.1) is 21.3 Å². The van der Waals surface area contributed by atoms with E-state index in [-0.39, 0.29) is 11.9 Å². The number of nitrogens with zero attached hydrogens (tertiary/aromatic N) is 1. The van der Waals surface area contributed by atoms with Crippen LogP contribution in [0.5, 0.6) is 17.2 Å². The SMILES string of the molecule is CCCCCCCC(=O)N[C@@H](Cc1cc(OC)c(OC)c(OC)c1)CN1CCCC1. The van der Waals surface area contributed by atoms with Crippen molar-refractivity contribution in [2.75, 3.05) is 41.0 Å². The van der Waals surface area contributed by atoms with Crippen LogP contribution in [-0.2, 0) is 11.2 Å². The lowest BCUT2D eigenvalue weighted by molar-refractivity contribution is -0.122. The number of likely N-dealkylation sites (tertiary alicyclic amines) is 1. The number of carbonyl (C=O) groups is 1. The fourth-order valence-electron chi connectivity index (χ4n) is 4.16. The second-order valence-electron chi connectivity index (χ2n) is 8.17. The minimum atomic E-state index is 0.0639. The summed E-state index contributed by atoms with van der Waals surface area (Å²) >= 11 is 0. The number of benzene rings is 1. The molecule has 0 aromatic heterocycles. The molecule has 2 rings (SSSR count). The van der Waals surface area contributed by atoms with E-state index in [1.807, 2.05) is 12.1 Å². The van der Waals surface area contributed by atoms with Crippen molar-refractivity contribution in [1.82, 2.24) is 10.2 Å². The highest BCUT2D eigenvalue weighted by Gasteiger charge is 2.21. The first-order chi connectivity index (χ1) is 14.6. The standard InChI is InChI=1S/C24H40N2O4/c1-5-6-7-8-9-12-23(27)25-20(18-26-13-10-11-14-26)15-19-16-21(28-2)24(30-4)22(17-19)29-3/h16-17,20H,5-15,18H2,1-4H3,(H,25,27)/t20-/m0/s1. The summed E-state index contributed by atoms with van der Waals surface area (Å²) in [5.41, 5.74) is 1.07. The first-order valence-corrected chi connectivity index (χ1v) is 11.4. The third-order valence-electron chi connectivity index (χ3n) is 5.76. The Balaban J connectivity index is 2.04. The van der Waals surface area contributed by atoms with Gasteiger partial charge in [0.1, 0.15) is 0 Å². The number of nitrogens with one attached hydrogen (secondary N) is 1. The average molecular weight is 421 g/mol. The number of rotatable bonds is 14. The molecule has 1 saturated heterocycles. The van der Waals surface area contributed by atoms with Gasteiger partial charge < -0.3 is 24.4 Å². The normalized spacial score (nSPS) is 15.1. The van der Waals surface area contributed by atoms with Gasteiger partial charge in [-0.1, -0.05) is 32.6 Å². The van der Waals surface area contributed by atoms with Crippen LogP contribution in [0, 0.1) is 0 Å². The lowest BCUT2D eigenvalue weighted by Crippen LogP contribution is -2.44. The number of methoxy groups -OCH3 is 3. The Bertz CT molecular complexity index is 619. The van der Waals surface area contributed by atoms with Crippen molar-refractivity contribution in [3.8, 4) is 17.2 Å². The van der Waals surface area contributed by atoms with Gasteiger partial charge in [0.25, 0.3) is 0 Å². The molecule has 6 nitrogen and oxygen atoms in total. The first kappa shape index (κ1) is 24.3. The molecule has 1 atom stereocenters. The highest BCUT2D eigenvalue weighted by molar-refractivity contribution is 5.76. The first-order valence-electron chi connectivity index (χ1n) is 11.4. The van der Waals surface area contributed by atoms with E-state index >= 15 is 0 Å². The molecule has 1 heterocycles. The van der Waals surface area contributed by atoms with Crippen molar-refractivity contribution in [3.63, 3.8) is 0 Å². The van der Waals surface area contributed by atoms with Crippen LogP contribution in [0.3, 0.4) is 0 Å². The molecule has 30 heavy (non-hydrogen) atoms. The second kappa shape index (κ2) is 13.4. The summed E-state index contributed by atoms with van der Waals surface area (Å²) in [4.78, 5) is 15.0. The van der Waals surface area contributed by atoms with Crippen molar-refractivity contribution < 1.29 is 19.0 Å². The number of unbranched alkanes of at least 4 members (excludes halogenated alkanes) is 4.